The number of hydrogen-bond acceptors (Lipinski definition) is 2. The summed E-state index contributed by atoms with van der Waals surface area (Å²) in [6, 6.07) is 2.63. The largest absolute Gasteiger partial charge is 0.312 e. The third kappa shape index (κ3) is 2.83. The molecule has 0 bridgehead atoms. The summed E-state index contributed by atoms with van der Waals surface area (Å²) >= 11 is 5.53. The standard InChI is InChI=1S/C12H20BrNS/c1-6-12(3,4)11(14-5)10-9(13)7-8(2)15-10/h7,11,14H,6H2,1-5H3. The smallest absolute Gasteiger partial charge is 0.0475 e. The van der Waals surface area contributed by atoms with Crippen LogP contribution >= 0.6 is 27.3 Å². The lowest BCUT2D eigenvalue weighted by Gasteiger charge is -2.33. The van der Waals surface area contributed by atoms with Crippen molar-refractivity contribution in [2.75, 3.05) is 7.05 Å². The van der Waals surface area contributed by atoms with Crippen molar-refractivity contribution in [3.05, 3.63) is 20.3 Å². The molecule has 0 aliphatic heterocycles. The first-order valence-corrected chi connectivity index (χ1v) is 6.96. The maximum Gasteiger partial charge on any atom is 0.0475 e. The molecular weight excluding hydrogens is 270 g/mol. The Morgan fingerprint density at radius 1 is 1.53 bits per heavy atom. The van der Waals surface area contributed by atoms with Crippen molar-refractivity contribution in [3.63, 3.8) is 0 Å². The number of nitrogens with one attached hydrogen (secondary N) is 1. The van der Waals surface area contributed by atoms with Crippen LogP contribution in [0.1, 0.15) is 43.0 Å². The molecule has 1 aromatic heterocycles. The minimum absolute atomic E-state index is 0.286. The monoisotopic (exact) mass is 289 g/mol. The topological polar surface area (TPSA) is 12.0 Å². The van der Waals surface area contributed by atoms with Gasteiger partial charge < -0.3 is 5.32 Å². The van der Waals surface area contributed by atoms with Gasteiger partial charge in [0.15, 0.2) is 0 Å². The van der Waals surface area contributed by atoms with Crippen LogP contribution in [0.4, 0.5) is 0 Å². The van der Waals surface area contributed by atoms with E-state index in [0.29, 0.717) is 6.04 Å². The molecule has 86 valence electrons. The van der Waals surface area contributed by atoms with Gasteiger partial charge in [-0.15, -0.1) is 11.3 Å². The molecule has 1 N–H and O–H groups in total. The highest BCUT2D eigenvalue weighted by molar-refractivity contribution is 9.10. The Morgan fingerprint density at radius 2 is 2.13 bits per heavy atom. The van der Waals surface area contributed by atoms with E-state index in [1.54, 1.807) is 0 Å². The second-order valence-corrected chi connectivity index (χ2v) is 6.78. The van der Waals surface area contributed by atoms with Gasteiger partial charge in [0.2, 0.25) is 0 Å². The van der Waals surface area contributed by atoms with Gasteiger partial charge in [-0.3, -0.25) is 0 Å². The molecule has 0 saturated heterocycles. The normalized spacial score (nSPS) is 14.3. The molecule has 0 aromatic carbocycles. The highest BCUT2D eigenvalue weighted by Gasteiger charge is 2.30. The van der Waals surface area contributed by atoms with E-state index in [0.717, 1.165) is 0 Å². The quantitative estimate of drug-likeness (QED) is 0.860. The van der Waals surface area contributed by atoms with Crippen LogP contribution in [-0.4, -0.2) is 7.05 Å². The number of thiophene rings is 1. The molecule has 0 fully saturated rings. The molecule has 0 aliphatic rings. The number of rotatable bonds is 4. The SMILES string of the molecule is CCC(C)(C)C(NC)c1sc(C)cc1Br. The van der Waals surface area contributed by atoms with Gasteiger partial charge in [-0.25, -0.2) is 0 Å². The molecule has 0 amide bonds. The summed E-state index contributed by atoms with van der Waals surface area (Å²) in [6.07, 6.45) is 1.17. The number of hydrogen-bond donors (Lipinski definition) is 1. The first-order chi connectivity index (χ1) is 6.92. The zero-order chi connectivity index (χ0) is 11.6. The van der Waals surface area contributed by atoms with Gasteiger partial charge in [0, 0.05) is 20.3 Å². The lowest BCUT2D eigenvalue weighted by atomic mass is 9.81. The summed E-state index contributed by atoms with van der Waals surface area (Å²) in [5.74, 6) is 0. The first kappa shape index (κ1) is 13.2. The summed E-state index contributed by atoms with van der Waals surface area (Å²) in [5, 5.41) is 3.44. The Morgan fingerprint density at radius 3 is 2.47 bits per heavy atom. The van der Waals surface area contributed by atoms with Crippen molar-refractivity contribution in [3.8, 4) is 0 Å². The number of halogens is 1. The molecule has 1 rings (SSSR count). The summed E-state index contributed by atoms with van der Waals surface area (Å²) in [5.41, 5.74) is 0.286. The van der Waals surface area contributed by atoms with Crippen molar-refractivity contribution in [1.82, 2.24) is 5.32 Å². The molecule has 0 aliphatic carbocycles. The maximum atomic E-state index is 3.65. The molecular formula is C12H20BrNS. The molecule has 1 atom stereocenters. The van der Waals surface area contributed by atoms with E-state index in [4.69, 9.17) is 0 Å². The molecule has 1 aromatic rings. The third-order valence-electron chi connectivity index (χ3n) is 3.08. The maximum absolute atomic E-state index is 3.65. The van der Waals surface area contributed by atoms with Crippen molar-refractivity contribution < 1.29 is 0 Å². The minimum atomic E-state index is 0.286. The Kier molecular flexibility index (Phi) is 4.38. The third-order valence-corrected chi connectivity index (χ3v) is 5.11. The fourth-order valence-corrected chi connectivity index (χ4v) is 3.98. The fourth-order valence-electron chi connectivity index (χ4n) is 1.78. The zero-order valence-electron chi connectivity index (χ0n) is 10.1. The predicted octanol–water partition coefficient (Wildman–Crippen LogP) is 4.52. The summed E-state index contributed by atoms with van der Waals surface area (Å²) in [4.78, 5) is 2.78. The number of aryl methyl sites for hydroxylation is 1. The average Bonchev–Trinajstić information content (AvgIpc) is 2.47. The zero-order valence-corrected chi connectivity index (χ0v) is 12.6. The van der Waals surface area contributed by atoms with Crippen LogP contribution in [0.5, 0.6) is 0 Å². The molecule has 0 radical (unpaired) electrons. The van der Waals surface area contributed by atoms with Gasteiger partial charge >= 0.3 is 0 Å². The lowest BCUT2D eigenvalue weighted by molar-refractivity contribution is 0.248. The van der Waals surface area contributed by atoms with Gasteiger partial charge in [0.25, 0.3) is 0 Å². The van der Waals surface area contributed by atoms with Crippen LogP contribution < -0.4 is 5.32 Å². The van der Waals surface area contributed by atoms with E-state index < -0.39 is 0 Å². The fraction of sp³-hybridized carbons (Fsp3) is 0.667. The molecule has 0 saturated carbocycles. The minimum Gasteiger partial charge on any atom is -0.312 e. The van der Waals surface area contributed by atoms with Crippen LogP contribution in [-0.2, 0) is 0 Å². The van der Waals surface area contributed by atoms with Gasteiger partial charge in [0.1, 0.15) is 0 Å². The highest BCUT2D eigenvalue weighted by atomic mass is 79.9. The summed E-state index contributed by atoms with van der Waals surface area (Å²) in [6.45, 7) is 9.04. The van der Waals surface area contributed by atoms with Crippen molar-refractivity contribution in [2.24, 2.45) is 5.41 Å². The Hall–Kier alpha value is 0.140. The molecule has 0 spiro atoms. The van der Waals surface area contributed by atoms with Crippen LogP contribution in [0.3, 0.4) is 0 Å². The Balaban J connectivity index is 3.07. The van der Waals surface area contributed by atoms with E-state index in [1.165, 1.54) is 20.6 Å². The molecule has 3 heteroatoms. The lowest BCUT2D eigenvalue weighted by Crippen LogP contribution is -2.31. The molecule has 1 unspecified atom stereocenters. The van der Waals surface area contributed by atoms with Crippen molar-refractivity contribution in [2.45, 2.75) is 40.2 Å². The van der Waals surface area contributed by atoms with Gasteiger partial charge in [-0.05, 0) is 47.8 Å². The average molecular weight is 290 g/mol. The van der Waals surface area contributed by atoms with Crippen molar-refractivity contribution >= 4 is 27.3 Å². The second kappa shape index (κ2) is 4.98. The van der Waals surface area contributed by atoms with E-state index in [2.05, 4.69) is 55.0 Å². The van der Waals surface area contributed by atoms with Gasteiger partial charge in [0.05, 0.1) is 0 Å². The molecule has 15 heavy (non-hydrogen) atoms. The van der Waals surface area contributed by atoms with E-state index >= 15 is 0 Å². The first-order valence-electron chi connectivity index (χ1n) is 5.35. The summed E-state index contributed by atoms with van der Waals surface area (Å²) < 4.78 is 1.24. The van der Waals surface area contributed by atoms with E-state index in [9.17, 15) is 0 Å². The van der Waals surface area contributed by atoms with Crippen molar-refractivity contribution in [1.29, 1.82) is 0 Å². The van der Waals surface area contributed by atoms with Crippen LogP contribution in [0.15, 0.2) is 10.5 Å². The molecule has 1 heterocycles. The van der Waals surface area contributed by atoms with Gasteiger partial charge in [-0.1, -0.05) is 20.8 Å². The van der Waals surface area contributed by atoms with E-state index in [-0.39, 0.29) is 5.41 Å². The highest BCUT2D eigenvalue weighted by Crippen LogP contribution is 2.42. The van der Waals surface area contributed by atoms with Crippen LogP contribution in [0.25, 0.3) is 0 Å². The predicted molar refractivity (Wildman–Crippen MR) is 72.6 cm³/mol. The van der Waals surface area contributed by atoms with Crippen LogP contribution in [0, 0.1) is 12.3 Å². The summed E-state index contributed by atoms with van der Waals surface area (Å²) in [7, 11) is 2.05. The second-order valence-electron chi connectivity index (χ2n) is 4.63. The Labute approximate surface area is 105 Å². The van der Waals surface area contributed by atoms with Gasteiger partial charge in [-0.2, -0.15) is 0 Å². The molecule has 1 nitrogen and oxygen atoms in total. The Bertz CT molecular complexity index is 330. The van der Waals surface area contributed by atoms with E-state index in [1.807, 2.05) is 18.4 Å². The van der Waals surface area contributed by atoms with Crippen LogP contribution in [0.2, 0.25) is 0 Å².